The SMILES string of the molecule is Cc1sccc1C1(N)Cc2ccccc2C1. The Morgan fingerprint density at radius 2 is 1.75 bits per heavy atom. The molecule has 1 aliphatic carbocycles. The van der Waals surface area contributed by atoms with Crippen LogP contribution in [0.1, 0.15) is 21.6 Å². The van der Waals surface area contributed by atoms with E-state index in [0.29, 0.717) is 0 Å². The molecule has 3 rings (SSSR count). The van der Waals surface area contributed by atoms with E-state index in [-0.39, 0.29) is 5.54 Å². The minimum atomic E-state index is -0.173. The molecular formula is C14H15NS. The molecule has 0 aliphatic heterocycles. The number of rotatable bonds is 1. The Morgan fingerprint density at radius 3 is 2.25 bits per heavy atom. The van der Waals surface area contributed by atoms with Crippen molar-refractivity contribution >= 4 is 11.3 Å². The molecule has 1 aliphatic rings. The van der Waals surface area contributed by atoms with E-state index in [4.69, 9.17) is 5.73 Å². The standard InChI is InChI=1S/C14H15NS/c1-10-13(6-7-16-10)14(15)8-11-4-2-3-5-12(11)9-14/h2-7H,8-9,15H2,1H3. The molecule has 0 amide bonds. The summed E-state index contributed by atoms with van der Waals surface area (Å²) in [7, 11) is 0. The van der Waals surface area contributed by atoms with Gasteiger partial charge in [-0.3, -0.25) is 0 Å². The van der Waals surface area contributed by atoms with Gasteiger partial charge in [0, 0.05) is 4.88 Å². The zero-order valence-electron chi connectivity index (χ0n) is 9.36. The maximum Gasteiger partial charge on any atom is 0.0502 e. The Morgan fingerprint density at radius 1 is 1.12 bits per heavy atom. The van der Waals surface area contributed by atoms with Crippen molar-refractivity contribution in [3.63, 3.8) is 0 Å². The number of hydrogen-bond donors (Lipinski definition) is 1. The number of hydrogen-bond acceptors (Lipinski definition) is 2. The van der Waals surface area contributed by atoms with Crippen molar-refractivity contribution < 1.29 is 0 Å². The normalized spacial score (nSPS) is 17.4. The summed E-state index contributed by atoms with van der Waals surface area (Å²) < 4.78 is 0. The summed E-state index contributed by atoms with van der Waals surface area (Å²) in [5.74, 6) is 0. The van der Waals surface area contributed by atoms with Crippen LogP contribution in [0.15, 0.2) is 35.7 Å². The number of benzene rings is 1. The van der Waals surface area contributed by atoms with Crippen LogP contribution in [0.2, 0.25) is 0 Å². The van der Waals surface area contributed by atoms with Crippen LogP contribution in [-0.4, -0.2) is 0 Å². The van der Waals surface area contributed by atoms with Crippen LogP contribution in [0.4, 0.5) is 0 Å². The van der Waals surface area contributed by atoms with Gasteiger partial charge in [0.2, 0.25) is 0 Å². The first kappa shape index (κ1) is 10.1. The average molecular weight is 229 g/mol. The smallest absolute Gasteiger partial charge is 0.0502 e. The summed E-state index contributed by atoms with van der Waals surface area (Å²) in [5.41, 5.74) is 10.6. The average Bonchev–Trinajstić information content (AvgIpc) is 2.81. The molecule has 0 bridgehead atoms. The van der Waals surface area contributed by atoms with Gasteiger partial charge in [0.1, 0.15) is 0 Å². The van der Waals surface area contributed by atoms with Crippen LogP contribution in [0.25, 0.3) is 0 Å². The summed E-state index contributed by atoms with van der Waals surface area (Å²) in [6.45, 7) is 2.16. The summed E-state index contributed by atoms with van der Waals surface area (Å²) in [5, 5.41) is 2.14. The van der Waals surface area contributed by atoms with E-state index < -0.39 is 0 Å². The predicted octanol–water partition coefficient (Wildman–Crippen LogP) is 3.01. The van der Waals surface area contributed by atoms with Gasteiger partial charge in [0.05, 0.1) is 5.54 Å². The summed E-state index contributed by atoms with van der Waals surface area (Å²) in [6.07, 6.45) is 1.95. The van der Waals surface area contributed by atoms with Crippen molar-refractivity contribution in [1.82, 2.24) is 0 Å². The topological polar surface area (TPSA) is 26.0 Å². The van der Waals surface area contributed by atoms with E-state index >= 15 is 0 Å². The minimum Gasteiger partial charge on any atom is -0.321 e. The van der Waals surface area contributed by atoms with Crippen molar-refractivity contribution in [3.8, 4) is 0 Å². The van der Waals surface area contributed by atoms with E-state index in [0.717, 1.165) is 12.8 Å². The van der Waals surface area contributed by atoms with Crippen molar-refractivity contribution in [2.45, 2.75) is 25.3 Å². The molecule has 1 nitrogen and oxygen atoms in total. The first-order valence-corrected chi connectivity index (χ1v) is 6.47. The lowest BCUT2D eigenvalue weighted by Crippen LogP contribution is -2.37. The zero-order valence-corrected chi connectivity index (χ0v) is 10.2. The molecule has 1 aromatic carbocycles. The molecule has 0 saturated heterocycles. The van der Waals surface area contributed by atoms with E-state index in [9.17, 15) is 0 Å². The Bertz CT molecular complexity index is 502. The fraction of sp³-hybridized carbons (Fsp3) is 0.286. The molecule has 0 atom stereocenters. The van der Waals surface area contributed by atoms with Gasteiger partial charge in [0.25, 0.3) is 0 Å². The van der Waals surface area contributed by atoms with Crippen molar-refractivity contribution in [2.24, 2.45) is 5.73 Å². The molecule has 0 fully saturated rings. The molecule has 0 spiro atoms. The fourth-order valence-electron chi connectivity index (χ4n) is 2.74. The van der Waals surface area contributed by atoms with E-state index in [1.54, 1.807) is 11.3 Å². The number of nitrogens with two attached hydrogens (primary N) is 1. The second-order valence-electron chi connectivity index (χ2n) is 4.67. The zero-order chi connectivity index (χ0) is 11.2. The van der Waals surface area contributed by atoms with Gasteiger partial charge in [-0.15, -0.1) is 11.3 Å². The van der Waals surface area contributed by atoms with Gasteiger partial charge in [-0.05, 0) is 47.9 Å². The minimum absolute atomic E-state index is 0.173. The predicted molar refractivity (Wildman–Crippen MR) is 68.8 cm³/mol. The monoisotopic (exact) mass is 229 g/mol. The maximum atomic E-state index is 6.58. The van der Waals surface area contributed by atoms with Gasteiger partial charge in [0.15, 0.2) is 0 Å². The highest BCUT2D eigenvalue weighted by Gasteiger charge is 2.36. The second kappa shape index (κ2) is 3.44. The maximum absolute atomic E-state index is 6.58. The van der Waals surface area contributed by atoms with Crippen LogP contribution in [0.5, 0.6) is 0 Å². The highest BCUT2D eigenvalue weighted by molar-refractivity contribution is 7.10. The Hall–Kier alpha value is -1.12. The molecule has 1 aromatic heterocycles. The van der Waals surface area contributed by atoms with Crippen molar-refractivity contribution in [1.29, 1.82) is 0 Å². The number of thiophene rings is 1. The largest absolute Gasteiger partial charge is 0.321 e. The van der Waals surface area contributed by atoms with Crippen molar-refractivity contribution in [2.75, 3.05) is 0 Å². The lowest BCUT2D eigenvalue weighted by atomic mass is 9.88. The van der Waals surface area contributed by atoms with Crippen LogP contribution >= 0.6 is 11.3 Å². The van der Waals surface area contributed by atoms with Gasteiger partial charge in [-0.2, -0.15) is 0 Å². The summed E-state index contributed by atoms with van der Waals surface area (Å²) in [4.78, 5) is 1.36. The van der Waals surface area contributed by atoms with Crippen LogP contribution in [-0.2, 0) is 18.4 Å². The number of fused-ring (bicyclic) bond motifs is 1. The first-order valence-electron chi connectivity index (χ1n) is 5.59. The van der Waals surface area contributed by atoms with Gasteiger partial charge < -0.3 is 5.73 Å². The third-order valence-electron chi connectivity index (χ3n) is 3.53. The molecule has 2 N–H and O–H groups in total. The lowest BCUT2D eigenvalue weighted by molar-refractivity contribution is 0.472. The van der Waals surface area contributed by atoms with E-state index in [2.05, 4.69) is 42.6 Å². The third kappa shape index (κ3) is 1.41. The van der Waals surface area contributed by atoms with Crippen LogP contribution < -0.4 is 5.73 Å². The molecule has 1 heterocycles. The molecule has 2 heteroatoms. The van der Waals surface area contributed by atoms with Gasteiger partial charge >= 0.3 is 0 Å². The Balaban J connectivity index is 2.04. The quantitative estimate of drug-likeness (QED) is 0.799. The first-order chi connectivity index (χ1) is 7.69. The summed E-state index contributed by atoms with van der Waals surface area (Å²) in [6, 6.07) is 10.8. The number of aryl methyl sites for hydroxylation is 1. The molecule has 82 valence electrons. The molecular weight excluding hydrogens is 214 g/mol. The molecule has 0 radical (unpaired) electrons. The molecule has 2 aromatic rings. The van der Waals surface area contributed by atoms with E-state index in [1.165, 1.54) is 21.6 Å². The molecule has 0 unspecified atom stereocenters. The van der Waals surface area contributed by atoms with Crippen LogP contribution in [0, 0.1) is 6.92 Å². The van der Waals surface area contributed by atoms with E-state index in [1.807, 2.05) is 0 Å². The lowest BCUT2D eigenvalue weighted by Gasteiger charge is -2.23. The fourth-order valence-corrected chi connectivity index (χ4v) is 3.54. The molecule has 0 saturated carbocycles. The molecule has 16 heavy (non-hydrogen) atoms. The highest BCUT2D eigenvalue weighted by Crippen LogP contribution is 2.38. The van der Waals surface area contributed by atoms with Gasteiger partial charge in [-0.1, -0.05) is 24.3 Å². The Labute approximate surface area is 99.9 Å². The van der Waals surface area contributed by atoms with Gasteiger partial charge in [-0.25, -0.2) is 0 Å². The second-order valence-corrected chi connectivity index (χ2v) is 5.79. The van der Waals surface area contributed by atoms with Crippen molar-refractivity contribution in [3.05, 3.63) is 57.3 Å². The van der Waals surface area contributed by atoms with Crippen LogP contribution in [0.3, 0.4) is 0 Å². The highest BCUT2D eigenvalue weighted by atomic mass is 32.1. The Kier molecular flexibility index (Phi) is 2.16. The summed E-state index contributed by atoms with van der Waals surface area (Å²) >= 11 is 1.79. The third-order valence-corrected chi connectivity index (χ3v) is 4.37.